The Labute approximate surface area is 158 Å². The number of nitrogens with one attached hydrogen (secondary N) is 1. The highest BCUT2D eigenvalue weighted by Crippen LogP contribution is 2.29. The van der Waals surface area contributed by atoms with Gasteiger partial charge in [-0.2, -0.15) is 0 Å². The van der Waals surface area contributed by atoms with Crippen molar-refractivity contribution in [3.63, 3.8) is 0 Å². The Kier molecular flexibility index (Phi) is 8.70. The Morgan fingerprint density at radius 1 is 1.12 bits per heavy atom. The molecule has 2 fully saturated rings. The van der Waals surface area contributed by atoms with Crippen LogP contribution in [-0.4, -0.2) is 34.9 Å². The Bertz CT molecular complexity index is 497. The van der Waals surface area contributed by atoms with Gasteiger partial charge in [0.1, 0.15) is 0 Å². The van der Waals surface area contributed by atoms with Crippen molar-refractivity contribution in [2.45, 2.75) is 70.4 Å². The number of hydrogen-bond donors (Lipinski definition) is 1. The van der Waals surface area contributed by atoms with Crippen molar-refractivity contribution in [1.82, 2.24) is 15.2 Å². The van der Waals surface area contributed by atoms with E-state index in [2.05, 4.69) is 15.2 Å². The number of hydrogen-bond acceptors (Lipinski definition) is 3. The van der Waals surface area contributed by atoms with Crippen molar-refractivity contribution in [3.05, 3.63) is 30.1 Å². The monoisotopic (exact) mass is 365 g/mol. The van der Waals surface area contributed by atoms with Gasteiger partial charge in [-0.25, -0.2) is 0 Å². The van der Waals surface area contributed by atoms with Crippen LogP contribution in [0.15, 0.2) is 24.4 Å². The fourth-order valence-corrected chi connectivity index (χ4v) is 4.17. The first-order valence-corrected chi connectivity index (χ1v) is 9.73. The van der Waals surface area contributed by atoms with Crippen molar-refractivity contribution in [1.29, 1.82) is 0 Å². The molecule has 1 aromatic heterocycles. The Hall–Kier alpha value is -1.13. The molecule has 1 aliphatic carbocycles. The van der Waals surface area contributed by atoms with Gasteiger partial charge in [-0.15, -0.1) is 12.4 Å². The third-order valence-electron chi connectivity index (χ3n) is 5.61. The number of rotatable bonds is 6. The molecule has 0 radical (unpaired) electrons. The topological polar surface area (TPSA) is 45.2 Å². The lowest BCUT2D eigenvalue weighted by Gasteiger charge is -2.31. The van der Waals surface area contributed by atoms with E-state index < -0.39 is 0 Å². The molecule has 1 saturated carbocycles. The average molecular weight is 366 g/mol. The lowest BCUT2D eigenvalue weighted by atomic mass is 10.00. The predicted octanol–water partition coefficient (Wildman–Crippen LogP) is 3.94. The van der Waals surface area contributed by atoms with Crippen LogP contribution in [0, 0.1) is 5.92 Å². The van der Waals surface area contributed by atoms with Gasteiger partial charge in [0.2, 0.25) is 5.91 Å². The minimum absolute atomic E-state index is 0. The van der Waals surface area contributed by atoms with Gasteiger partial charge < -0.3 is 10.2 Å². The summed E-state index contributed by atoms with van der Waals surface area (Å²) in [7, 11) is 0. The third-order valence-corrected chi connectivity index (χ3v) is 5.61. The highest BCUT2D eigenvalue weighted by Gasteiger charge is 2.26. The van der Waals surface area contributed by atoms with E-state index >= 15 is 0 Å². The van der Waals surface area contributed by atoms with E-state index in [1.165, 1.54) is 25.7 Å². The summed E-state index contributed by atoms with van der Waals surface area (Å²) in [6, 6.07) is 6.34. The van der Waals surface area contributed by atoms with E-state index in [0.717, 1.165) is 50.4 Å². The zero-order valence-corrected chi connectivity index (χ0v) is 16.0. The number of pyridine rings is 1. The standard InChI is InChI=1S/C20H31N3O.ClH/c24-20(11-10-17-6-1-2-7-17)23(16-18-8-3-4-14-22-18)19-9-5-13-21-15-12-19;/h3-4,8,14,17,19,21H,1-2,5-7,9-13,15-16H2;1H. The SMILES string of the molecule is Cl.O=C(CCC1CCCC1)N(Cc1ccccn1)C1CCCNCC1. The van der Waals surface area contributed by atoms with Gasteiger partial charge in [0.25, 0.3) is 0 Å². The summed E-state index contributed by atoms with van der Waals surface area (Å²) in [4.78, 5) is 19.6. The van der Waals surface area contributed by atoms with Crippen LogP contribution in [0.3, 0.4) is 0 Å². The molecule has 1 aliphatic heterocycles. The largest absolute Gasteiger partial charge is 0.334 e. The van der Waals surface area contributed by atoms with Crippen LogP contribution < -0.4 is 5.32 Å². The predicted molar refractivity (Wildman–Crippen MR) is 104 cm³/mol. The lowest BCUT2D eigenvalue weighted by molar-refractivity contribution is -0.134. The number of halogens is 1. The molecule has 140 valence electrons. The normalized spacial score (nSPS) is 21.4. The van der Waals surface area contributed by atoms with E-state index in [0.29, 0.717) is 24.9 Å². The minimum Gasteiger partial charge on any atom is -0.334 e. The average Bonchev–Trinajstić information content (AvgIpc) is 3.00. The summed E-state index contributed by atoms with van der Waals surface area (Å²) in [5.41, 5.74) is 1.00. The maximum absolute atomic E-state index is 13.0. The second kappa shape index (κ2) is 10.8. The van der Waals surface area contributed by atoms with Crippen LogP contribution in [0.4, 0.5) is 0 Å². The smallest absolute Gasteiger partial charge is 0.223 e. The number of amides is 1. The van der Waals surface area contributed by atoms with Crippen LogP contribution in [0.2, 0.25) is 0 Å². The molecular formula is C20H32ClN3O. The Morgan fingerprint density at radius 2 is 1.96 bits per heavy atom. The van der Waals surface area contributed by atoms with Gasteiger partial charge in [0.05, 0.1) is 12.2 Å². The zero-order valence-electron chi connectivity index (χ0n) is 15.2. The summed E-state index contributed by atoms with van der Waals surface area (Å²) >= 11 is 0. The molecule has 1 aromatic rings. The van der Waals surface area contributed by atoms with E-state index in [1.807, 2.05) is 24.4 Å². The summed E-state index contributed by atoms with van der Waals surface area (Å²) in [5, 5.41) is 3.46. The van der Waals surface area contributed by atoms with Gasteiger partial charge >= 0.3 is 0 Å². The molecule has 0 bridgehead atoms. The first-order valence-electron chi connectivity index (χ1n) is 9.73. The van der Waals surface area contributed by atoms with Gasteiger partial charge in [-0.3, -0.25) is 9.78 Å². The van der Waals surface area contributed by atoms with Crippen LogP contribution in [-0.2, 0) is 11.3 Å². The molecule has 1 N–H and O–H groups in total. The molecule has 5 heteroatoms. The fourth-order valence-electron chi connectivity index (χ4n) is 4.17. The van der Waals surface area contributed by atoms with E-state index in [4.69, 9.17) is 0 Å². The van der Waals surface area contributed by atoms with Gasteiger partial charge in [-0.1, -0.05) is 31.7 Å². The summed E-state index contributed by atoms with van der Waals surface area (Å²) in [6.45, 7) is 2.75. The van der Waals surface area contributed by atoms with Gasteiger partial charge in [0.15, 0.2) is 0 Å². The molecule has 4 nitrogen and oxygen atoms in total. The van der Waals surface area contributed by atoms with E-state index in [-0.39, 0.29) is 12.4 Å². The first-order chi connectivity index (χ1) is 11.8. The summed E-state index contributed by atoms with van der Waals surface area (Å²) in [5.74, 6) is 1.11. The quantitative estimate of drug-likeness (QED) is 0.830. The lowest BCUT2D eigenvalue weighted by Crippen LogP contribution is -2.40. The molecule has 0 aromatic carbocycles. The van der Waals surface area contributed by atoms with Crippen LogP contribution in [0.1, 0.15) is 63.5 Å². The molecular weight excluding hydrogens is 334 g/mol. The van der Waals surface area contributed by atoms with Crippen molar-refractivity contribution < 1.29 is 4.79 Å². The fraction of sp³-hybridized carbons (Fsp3) is 0.700. The first kappa shape index (κ1) is 20.2. The molecule has 1 saturated heterocycles. The number of aromatic nitrogens is 1. The highest BCUT2D eigenvalue weighted by molar-refractivity contribution is 5.85. The molecule has 2 aliphatic rings. The van der Waals surface area contributed by atoms with Crippen LogP contribution in [0.25, 0.3) is 0 Å². The summed E-state index contributed by atoms with van der Waals surface area (Å²) < 4.78 is 0. The Morgan fingerprint density at radius 3 is 2.72 bits per heavy atom. The molecule has 1 amide bonds. The Balaban J connectivity index is 0.00000225. The highest BCUT2D eigenvalue weighted by atomic mass is 35.5. The van der Waals surface area contributed by atoms with Crippen molar-refractivity contribution >= 4 is 18.3 Å². The van der Waals surface area contributed by atoms with Crippen molar-refractivity contribution in [2.75, 3.05) is 13.1 Å². The third kappa shape index (κ3) is 6.27. The van der Waals surface area contributed by atoms with Gasteiger partial charge in [-0.05, 0) is 56.8 Å². The molecule has 25 heavy (non-hydrogen) atoms. The molecule has 2 heterocycles. The number of nitrogens with zero attached hydrogens (tertiary/aromatic N) is 2. The maximum atomic E-state index is 13.0. The van der Waals surface area contributed by atoms with Gasteiger partial charge in [0, 0.05) is 18.7 Å². The van der Waals surface area contributed by atoms with E-state index in [1.54, 1.807) is 0 Å². The molecule has 1 unspecified atom stereocenters. The zero-order chi connectivity index (χ0) is 16.6. The molecule has 1 atom stereocenters. The molecule has 0 spiro atoms. The molecule has 3 rings (SSSR count). The number of carbonyl (C=O) groups is 1. The second-order valence-corrected chi connectivity index (χ2v) is 7.37. The summed E-state index contributed by atoms with van der Waals surface area (Å²) in [6.07, 6.45) is 12.3. The van der Waals surface area contributed by atoms with Crippen LogP contribution in [0.5, 0.6) is 0 Å². The maximum Gasteiger partial charge on any atom is 0.223 e. The van der Waals surface area contributed by atoms with Crippen molar-refractivity contribution in [2.24, 2.45) is 5.92 Å². The number of carbonyl (C=O) groups excluding carboxylic acids is 1. The second-order valence-electron chi connectivity index (χ2n) is 7.37. The van der Waals surface area contributed by atoms with Crippen LogP contribution >= 0.6 is 12.4 Å². The minimum atomic E-state index is 0. The van der Waals surface area contributed by atoms with Crippen molar-refractivity contribution in [3.8, 4) is 0 Å². The van der Waals surface area contributed by atoms with E-state index in [9.17, 15) is 4.79 Å².